The quantitative estimate of drug-likeness (QED) is 0.768. The molecule has 0 unspecified atom stereocenters. The third-order valence-electron chi connectivity index (χ3n) is 2.58. The Morgan fingerprint density at radius 3 is 2.75 bits per heavy atom. The number of aromatic nitrogens is 2. The summed E-state index contributed by atoms with van der Waals surface area (Å²) >= 11 is 5.90. The third-order valence-corrected chi connectivity index (χ3v) is 2.83. The van der Waals surface area contributed by atoms with Crippen LogP contribution < -0.4 is 4.74 Å². The van der Waals surface area contributed by atoms with E-state index in [1.807, 2.05) is 22.6 Å². The summed E-state index contributed by atoms with van der Waals surface area (Å²) in [6.07, 6.45) is 0. The molecule has 0 atom stereocenters. The highest BCUT2D eigenvalue weighted by molar-refractivity contribution is 6.17. The van der Waals surface area contributed by atoms with Gasteiger partial charge in [-0.05, 0) is 12.1 Å². The van der Waals surface area contributed by atoms with Crippen molar-refractivity contribution in [2.24, 2.45) is 0 Å². The molecule has 0 aliphatic heterocycles. The van der Waals surface area contributed by atoms with E-state index in [-0.39, 0.29) is 0 Å². The molecular formula is C12H15ClN2O. The van der Waals surface area contributed by atoms with Crippen LogP contribution in [0.25, 0.3) is 5.52 Å². The zero-order chi connectivity index (χ0) is 11.7. The fourth-order valence-electron chi connectivity index (χ4n) is 1.84. The monoisotopic (exact) mass is 238 g/mol. The number of ether oxygens (including phenoxy) is 1. The lowest BCUT2D eigenvalue weighted by Crippen LogP contribution is -2.00. The molecule has 2 aromatic heterocycles. The number of methoxy groups -OCH3 is 1. The second-order valence-corrected chi connectivity index (χ2v) is 4.26. The minimum Gasteiger partial charge on any atom is -0.482 e. The van der Waals surface area contributed by atoms with Gasteiger partial charge in [0.25, 0.3) is 0 Å². The molecule has 0 aliphatic carbocycles. The number of fused-ring (bicyclic) bond motifs is 1. The second-order valence-electron chi connectivity index (χ2n) is 3.99. The van der Waals surface area contributed by atoms with E-state index < -0.39 is 0 Å². The SMILES string of the molecule is COc1cccc2c(CCl)nc(C(C)C)n12. The second kappa shape index (κ2) is 4.34. The van der Waals surface area contributed by atoms with Crippen molar-refractivity contribution in [1.82, 2.24) is 9.38 Å². The molecule has 16 heavy (non-hydrogen) atoms. The van der Waals surface area contributed by atoms with Crippen LogP contribution in [-0.2, 0) is 5.88 Å². The summed E-state index contributed by atoms with van der Waals surface area (Å²) < 4.78 is 7.39. The van der Waals surface area contributed by atoms with Crippen LogP contribution in [0.4, 0.5) is 0 Å². The molecule has 0 aliphatic rings. The van der Waals surface area contributed by atoms with E-state index in [9.17, 15) is 0 Å². The molecule has 3 nitrogen and oxygen atoms in total. The highest BCUT2D eigenvalue weighted by Gasteiger charge is 2.15. The zero-order valence-corrected chi connectivity index (χ0v) is 10.5. The van der Waals surface area contributed by atoms with Crippen LogP contribution in [0.5, 0.6) is 5.88 Å². The summed E-state index contributed by atoms with van der Waals surface area (Å²) in [4.78, 5) is 4.57. The van der Waals surface area contributed by atoms with Gasteiger partial charge in [0, 0.05) is 5.92 Å². The molecule has 0 saturated carbocycles. The summed E-state index contributed by atoms with van der Waals surface area (Å²) in [6.45, 7) is 4.22. The number of nitrogens with zero attached hydrogens (tertiary/aromatic N) is 2. The number of pyridine rings is 1. The molecule has 0 bridgehead atoms. The molecule has 4 heteroatoms. The summed E-state index contributed by atoms with van der Waals surface area (Å²) in [5.74, 6) is 2.54. The molecule has 2 aromatic rings. The minimum absolute atomic E-state index is 0.334. The summed E-state index contributed by atoms with van der Waals surface area (Å²) in [5, 5.41) is 0. The molecule has 0 N–H and O–H groups in total. The number of rotatable bonds is 3. The first-order chi connectivity index (χ1) is 7.69. The van der Waals surface area contributed by atoms with Crippen LogP contribution in [0.1, 0.15) is 31.3 Å². The lowest BCUT2D eigenvalue weighted by atomic mass is 10.2. The highest BCUT2D eigenvalue weighted by Crippen LogP contribution is 2.25. The van der Waals surface area contributed by atoms with Crippen LogP contribution >= 0.6 is 11.6 Å². The number of hydrogen-bond acceptors (Lipinski definition) is 2. The van der Waals surface area contributed by atoms with Crippen molar-refractivity contribution in [3.05, 3.63) is 29.7 Å². The van der Waals surface area contributed by atoms with Crippen molar-refractivity contribution in [2.45, 2.75) is 25.6 Å². The van der Waals surface area contributed by atoms with Gasteiger partial charge >= 0.3 is 0 Å². The Labute approximate surface area is 100 Å². The van der Waals surface area contributed by atoms with Crippen LogP contribution in [0.3, 0.4) is 0 Å². The topological polar surface area (TPSA) is 26.5 Å². The highest BCUT2D eigenvalue weighted by atomic mass is 35.5. The Balaban J connectivity index is 2.80. The lowest BCUT2D eigenvalue weighted by molar-refractivity contribution is 0.389. The van der Waals surface area contributed by atoms with Gasteiger partial charge in [0.05, 0.1) is 24.2 Å². The molecular weight excluding hydrogens is 224 g/mol. The molecule has 86 valence electrons. The maximum Gasteiger partial charge on any atom is 0.199 e. The van der Waals surface area contributed by atoms with Crippen LogP contribution in [0.15, 0.2) is 18.2 Å². The Hall–Kier alpha value is -1.22. The number of imidazole rings is 1. The summed E-state index contributed by atoms with van der Waals surface area (Å²) in [6, 6.07) is 5.90. The minimum atomic E-state index is 0.334. The first-order valence-corrected chi connectivity index (χ1v) is 5.82. The maximum absolute atomic E-state index is 5.90. The maximum atomic E-state index is 5.90. The average Bonchev–Trinajstić information content (AvgIpc) is 2.67. The fraction of sp³-hybridized carbons (Fsp3) is 0.417. The number of alkyl halides is 1. The Kier molecular flexibility index (Phi) is 3.06. The Morgan fingerprint density at radius 2 is 2.19 bits per heavy atom. The van der Waals surface area contributed by atoms with Gasteiger partial charge < -0.3 is 4.74 Å². The van der Waals surface area contributed by atoms with Crippen molar-refractivity contribution in [3.8, 4) is 5.88 Å². The van der Waals surface area contributed by atoms with Crippen molar-refractivity contribution in [3.63, 3.8) is 0 Å². The first-order valence-electron chi connectivity index (χ1n) is 5.29. The molecule has 2 rings (SSSR count). The molecule has 2 heterocycles. The smallest absolute Gasteiger partial charge is 0.199 e. The third kappa shape index (κ3) is 1.65. The number of halogens is 1. The van der Waals surface area contributed by atoms with Gasteiger partial charge in [0.1, 0.15) is 5.82 Å². The van der Waals surface area contributed by atoms with E-state index in [1.165, 1.54) is 0 Å². The average molecular weight is 239 g/mol. The fourth-order valence-corrected chi connectivity index (χ4v) is 2.04. The van der Waals surface area contributed by atoms with Gasteiger partial charge in [-0.15, -0.1) is 11.6 Å². The zero-order valence-electron chi connectivity index (χ0n) is 9.70. The number of hydrogen-bond donors (Lipinski definition) is 0. The van der Waals surface area contributed by atoms with Crippen molar-refractivity contribution >= 4 is 17.1 Å². The van der Waals surface area contributed by atoms with E-state index in [4.69, 9.17) is 16.3 Å². The summed E-state index contributed by atoms with van der Waals surface area (Å²) in [7, 11) is 1.67. The van der Waals surface area contributed by atoms with Crippen molar-refractivity contribution in [2.75, 3.05) is 7.11 Å². The summed E-state index contributed by atoms with van der Waals surface area (Å²) in [5.41, 5.74) is 1.93. The predicted octanol–water partition coefficient (Wildman–Crippen LogP) is 3.21. The molecule has 0 radical (unpaired) electrons. The van der Waals surface area contributed by atoms with Gasteiger partial charge in [-0.1, -0.05) is 19.9 Å². The predicted molar refractivity (Wildman–Crippen MR) is 65.4 cm³/mol. The Bertz CT molecular complexity index is 505. The molecule has 0 saturated heterocycles. The van der Waals surface area contributed by atoms with E-state index in [0.29, 0.717) is 11.8 Å². The van der Waals surface area contributed by atoms with Gasteiger partial charge in [-0.3, -0.25) is 4.40 Å². The van der Waals surface area contributed by atoms with Crippen molar-refractivity contribution in [1.29, 1.82) is 0 Å². The largest absolute Gasteiger partial charge is 0.482 e. The van der Waals surface area contributed by atoms with Gasteiger partial charge in [0.2, 0.25) is 0 Å². The standard InChI is InChI=1S/C12H15ClN2O/c1-8(2)12-14-9(7-13)10-5-4-6-11(16-3)15(10)12/h4-6,8H,7H2,1-3H3. The van der Waals surface area contributed by atoms with E-state index in [2.05, 4.69) is 18.8 Å². The molecule has 0 fully saturated rings. The van der Waals surface area contributed by atoms with Crippen molar-refractivity contribution < 1.29 is 4.74 Å². The van der Waals surface area contributed by atoms with Crippen LogP contribution in [0, 0.1) is 0 Å². The first kappa shape index (κ1) is 11.3. The van der Waals surface area contributed by atoms with Crippen LogP contribution in [-0.4, -0.2) is 16.5 Å². The van der Waals surface area contributed by atoms with Gasteiger partial charge in [-0.2, -0.15) is 0 Å². The molecule has 0 aromatic carbocycles. The van der Waals surface area contributed by atoms with E-state index >= 15 is 0 Å². The van der Waals surface area contributed by atoms with Crippen LogP contribution in [0.2, 0.25) is 0 Å². The van der Waals surface area contributed by atoms with Gasteiger partial charge in [0.15, 0.2) is 5.88 Å². The Morgan fingerprint density at radius 1 is 1.44 bits per heavy atom. The molecule has 0 spiro atoms. The molecule has 0 amide bonds. The van der Waals surface area contributed by atoms with E-state index in [0.717, 1.165) is 22.9 Å². The van der Waals surface area contributed by atoms with Gasteiger partial charge in [-0.25, -0.2) is 4.98 Å². The normalized spacial score (nSPS) is 11.3. The lowest BCUT2D eigenvalue weighted by Gasteiger charge is -2.08. The van der Waals surface area contributed by atoms with E-state index in [1.54, 1.807) is 7.11 Å².